The minimum atomic E-state index is 0.627. The molecular formula is C22H40OS. The van der Waals surface area contributed by atoms with Gasteiger partial charge in [-0.05, 0) is 92.9 Å². The first-order chi connectivity index (χ1) is 11.7. The largest absolute Gasteiger partial charge is 0.319 e. The molecule has 1 nitrogen and oxygen atoms in total. The number of fused-ring (bicyclic) bond motifs is 3. The van der Waals surface area contributed by atoms with E-state index in [0.717, 1.165) is 36.2 Å². The summed E-state index contributed by atoms with van der Waals surface area (Å²) in [4.78, 5) is 0. The average Bonchev–Trinajstić information content (AvgIpc) is 2.91. The molecule has 0 radical (unpaired) electrons. The monoisotopic (exact) mass is 352 g/mol. The highest BCUT2D eigenvalue weighted by Crippen LogP contribution is 2.62. The van der Waals surface area contributed by atoms with E-state index in [1.807, 2.05) is 0 Å². The maximum Gasteiger partial charge on any atom is 0.0610 e. The van der Waals surface area contributed by atoms with Gasteiger partial charge < -0.3 is 4.18 Å². The minimum absolute atomic E-state index is 0.627. The minimum Gasteiger partial charge on any atom is -0.319 e. The Morgan fingerprint density at radius 1 is 0.917 bits per heavy atom. The molecule has 2 heteroatoms. The molecule has 0 aromatic carbocycles. The summed E-state index contributed by atoms with van der Waals surface area (Å²) in [7, 11) is 0. The van der Waals surface area contributed by atoms with E-state index in [1.54, 1.807) is 0 Å². The van der Waals surface area contributed by atoms with Gasteiger partial charge in [0.25, 0.3) is 0 Å². The number of hydrogen-bond donors (Lipinski definition) is 1. The van der Waals surface area contributed by atoms with Crippen molar-refractivity contribution in [3.8, 4) is 0 Å². The van der Waals surface area contributed by atoms with Gasteiger partial charge >= 0.3 is 0 Å². The molecule has 6 unspecified atom stereocenters. The molecule has 0 aliphatic heterocycles. The van der Waals surface area contributed by atoms with Crippen LogP contribution in [0.1, 0.15) is 97.3 Å². The SMILES string of the molecule is CC1CCCCCCCC2C1CCC1(C)C(CCCOS)CCC21. The zero-order valence-corrected chi connectivity index (χ0v) is 17.0. The molecule has 6 atom stereocenters. The molecule has 0 aromatic heterocycles. The van der Waals surface area contributed by atoms with Gasteiger partial charge in [0.05, 0.1) is 6.61 Å². The van der Waals surface area contributed by atoms with Gasteiger partial charge in [-0.25, -0.2) is 0 Å². The zero-order chi connectivity index (χ0) is 17.0. The topological polar surface area (TPSA) is 9.23 Å². The Bertz CT molecular complexity index is 384. The summed E-state index contributed by atoms with van der Waals surface area (Å²) in [6.07, 6.45) is 19.0. The van der Waals surface area contributed by atoms with Crippen molar-refractivity contribution in [3.05, 3.63) is 0 Å². The highest BCUT2D eigenvalue weighted by atomic mass is 32.1. The summed E-state index contributed by atoms with van der Waals surface area (Å²) >= 11 is 3.92. The second kappa shape index (κ2) is 8.80. The van der Waals surface area contributed by atoms with Crippen LogP contribution in [0, 0.1) is 35.0 Å². The van der Waals surface area contributed by atoms with Crippen molar-refractivity contribution in [1.82, 2.24) is 0 Å². The third-order valence-corrected chi connectivity index (χ3v) is 8.59. The molecule has 0 spiro atoms. The summed E-state index contributed by atoms with van der Waals surface area (Å²) in [5.74, 6) is 4.98. The lowest BCUT2D eigenvalue weighted by molar-refractivity contribution is -0.0170. The molecule has 3 aliphatic carbocycles. The maximum atomic E-state index is 5.02. The summed E-state index contributed by atoms with van der Waals surface area (Å²) in [5.41, 5.74) is 0.627. The Morgan fingerprint density at radius 3 is 2.46 bits per heavy atom. The second-order valence-corrected chi connectivity index (χ2v) is 9.81. The number of thiol groups is 1. The molecular weight excluding hydrogens is 312 g/mol. The van der Waals surface area contributed by atoms with Gasteiger partial charge in [0.1, 0.15) is 0 Å². The lowest BCUT2D eigenvalue weighted by Gasteiger charge is -2.51. The van der Waals surface area contributed by atoms with Crippen LogP contribution in [0.25, 0.3) is 0 Å². The molecule has 0 N–H and O–H groups in total. The number of hydrogen-bond acceptors (Lipinski definition) is 2. The summed E-state index contributed by atoms with van der Waals surface area (Å²) in [6.45, 7) is 6.07. The molecule has 0 aromatic rings. The van der Waals surface area contributed by atoms with Gasteiger partial charge in [-0.15, -0.1) is 0 Å². The first-order valence-corrected chi connectivity index (χ1v) is 11.3. The average molecular weight is 353 g/mol. The van der Waals surface area contributed by atoms with E-state index in [1.165, 1.54) is 83.5 Å². The van der Waals surface area contributed by atoms with Gasteiger partial charge in [-0.2, -0.15) is 0 Å². The van der Waals surface area contributed by atoms with Gasteiger partial charge in [0, 0.05) is 0 Å². The highest BCUT2D eigenvalue weighted by molar-refractivity contribution is 7.75. The fourth-order valence-corrected chi connectivity index (χ4v) is 7.14. The van der Waals surface area contributed by atoms with E-state index in [-0.39, 0.29) is 0 Å². The van der Waals surface area contributed by atoms with Crippen LogP contribution < -0.4 is 0 Å². The fourth-order valence-electron chi connectivity index (χ4n) is 7.01. The summed E-state index contributed by atoms with van der Waals surface area (Å²) < 4.78 is 5.02. The Balaban J connectivity index is 1.70. The van der Waals surface area contributed by atoms with Crippen molar-refractivity contribution < 1.29 is 4.18 Å². The van der Waals surface area contributed by atoms with Crippen LogP contribution in [0.5, 0.6) is 0 Å². The fraction of sp³-hybridized carbons (Fsp3) is 1.00. The molecule has 0 bridgehead atoms. The predicted molar refractivity (Wildman–Crippen MR) is 106 cm³/mol. The quantitative estimate of drug-likeness (QED) is 0.323. The van der Waals surface area contributed by atoms with Crippen molar-refractivity contribution >= 4 is 12.9 Å². The van der Waals surface area contributed by atoms with Gasteiger partial charge in [-0.3, -0.25) is 0 Å². The summed E-state index contributed by atoms with van der Waals surface area (Å²) in [6, 6.07) is 0. The molecule has 3 aliphatic rings. The van der Waals surface area contributed by atoms with Gasteiger partial charge in [-0.1, -0.05) is 52.4 Å². The lowest BCUT2D eigenvalue weighted by Crippen LogP contribution is -2.43. The predicted octanol–water partition coefficient (Wildman–Crippen LogP) is 7.07. The van der Waals surface area contributed by atoms with Crippen LogP contribution in [-0.4, -0.2) is 6.61 Å². The molecule has 140 valence electrons. The smallest absolute Gasteiger partial charge is 0.0610 e. The third-order valence-electron chi connectivity index (χ3n) is 8.40. The normalized spacial score (nSPS) is 43.9. The summed E-state index contributed by atoms with van der Waals surface area (Å²) in [5, 5.41) is 0. The van der Waals surface area contributed by atoms with Crippen molar-refractivity contribution in [3.63, 3.8) is 0 Å². The molecule has 3 fully saturated rings. The third kappa shape index (κ3) is 4.00. The van der Waals surface area contributed by atoms with Crippen LogP contribution in [0.15, 0.2) is 0 Å². The Kier molecular flexibility index (Phi) is 7.00. The standard InChI is InChI=1S/C22H40OS/c1-17-9-6-4-3-5-7-11-20-19(17)14-15-22(2)18(10-8-16-23-24)12-13-21(20)22/h17-21,24H,3-16H2,1-2H3. The van der Waals surface area contributed by atoms with Crippen molar-refractivity contribution in [2.45, 2.75) is 97.3 Å². The van der Waals surface area contributed by atoms with E-state index in [4.69, 9.17) is 4.18 Å². The van der Waals surface area contributed by atoms with Gasteiger partial charge in [0.15, 0.2) is 0 Å². The lowest BCUT2D eigenvalue weighted by atomic mass is 9.54. The van der Waals surface area contributed by atoms with Crippen molar-refractivity contribution in [2.24, 2.45) is 35.0 Å². The molecule has 24 heavy (non-hydrogen) atoms. The van der Waals surface area contributed by atoms with E-state index in [2.05, 4.69) is 26.8 Å². The maximum absolute atomic E-state index is 5.02. The van der Waals surface area contributed by atoms with Crippen LogP contribution in [0.3, 0.4) is 0 Å². The zero-order valence-electron chi connectivity index (χ0n) is 16.1. The first-order valence-electron chi connectivity index (χ1n) is 10.9. The van der Waals surface area contributed by atoms with E-state index < -0.39 is 0 Å². The first kappa shape index (κ1) is 19.1. The van der Waals surface area contributed by atoms with Crippen LogP contribution >= 0.6 is 12.9 Å². The highest BCUT2D eigenvalue weighted by Gasteiger charge is 2.53. The van der Waals surface area contributed by atoms with E-state index >= 15 is 0 Å². The van der Waals surface area contributed by atoms with Crippen LogP contribution in [0.4, 0.5) is 0 Å². The molecule has 0 amide bonds. The van der Waals surface area contributed by atoms with E-state index in [9.17, 15) is 0 Å². The van der Waals surface area contributed by atoms with Crippen LogP contribution in [-0.2, 0) is 4.18 Å². The van der Waals surface area contributed by atoms with Crippen molar-refractivity contribution in [2.75, 3.05) is 6.61 Å². The Hall–Kier alpha value is 0.310. The molecule has 3 rings (SSSR count). The molecule has 0 heterocycles. The Labute approximate surface area is 156 Å². The van der Waals surface area contributed by atoms with Crippen LogP contribution in [0.2, 0.25) is 0 Å². The van der Waals surface area contributed by atoms with Gasteiger partial charge in [0.2, 0.25) is 0 Å². The molecule has 0 saturated heterocycles. The Morgan fingerprint density at radius 2 is 1.67 bits per heavy atom. The van der Waals surface area contributed by atoms with Crippen molar-refractivity contribution in [1.29, 1.82) is 0 Å². The number of rotatable bonds is 4. The second-order valence-electron chi connectivity index (χ2n) is 9.55. The molecule has 3 saturated carbocycles. The van der Waals surface area contributed by atoms with E-state index in [0.29, 0.717) is 5.41 Å².